The van der Waals surface area contributed by atoms with Gasteiger partial charge in [-0.2, -0.15) is 0 Å². The van der Waals surface area contributed by atoms with Crippen molar-refractivity contribution in [1.82, 2.24) is 4.90 Å². The molecular formula is C12H16N2O4S. The Balaban J connectivity index is 1.81. The summed E-state index contributed by atoms with van der Waals surface area (Å²) < 4.78 is 0. The van der Waals surface area contributed by atoms with E-state index in [-0.39, 0.29) is 22.3 Å². The first-order valence-electron chi connectivity index (χ1n) is 6.20. The Hall–Kier alpha value is -1.47. The van der Waals surface area contributed by atoms with Crippen LogP contribution in [0.4, 0.5) is 5.00 Å². The van der Waals surface area contributed by atoms with Gasteiger partial charge in [0, 0.05) is 24.4 Å². The van der Waals surface area contributed by atoms with Gasteiger partial charge in [-0.1, -0.05) is 11.3 Å². The molecule has 2 heterocycles. The fourth-order valence-corrected chi connectivity index (χ4v) is 3.12. The number of carboxylic acids is 1. The van der Waals surface area contributed by atoms with Crippen molar-refractivity contribution in [3.05, 3.63) is 27.1 Å². The average Bonchev–Trinajstić information content (AvgIpc) is 2.80. The number of hydrogen-bond acceptors (Lipinski definition) is 5. The standard InChI is InChI=1S/C12H16N2O4S/c15-12(16)6-9-1-3-13(4-2-9)7-10-5-11(14(17)18)19-8-10/h5,8-9H,1-4,6-7H2,(H,15,16). The first kappa shape index (κ1) is 14.0. The van der Waals surface area contributed by atoms with Crippen molar-refractivity contribution in [2.24, 2.45) is 5.92 Å². The number of nitro groups is 1. The van der Waals surface area contributed by atoms with Crippen molar-refractivity contribution in [2.75, 3.05) is 13.1 Å². The number of nitrogens with zero attached hydrogens (tertiary/aromatic N) is 2. The van der Waals surface area contributed by atoms with Gasteiger partial charge in [0.1, 0.15) is 0 Å². The summed E-state index contributed by atoms with van der Waals surface area (Å²) in [6.45, 7) is 2.44. The lowest BCUT2D eigenvalue weighted by molar-refractivity contribution is -0.380. The Kier molecular flexibility index (Phi) is 4.49. The van der Waals surface area contributed by atoms with Gasteiger partial charge < -0.3 is 5.11 Å². The van der Waals surface area contributed by atoms with Crippen LogP contribution in [0, 0.1) is 16.0 Å². The maximum absolute atomic E-state index is 10.6. The Labute approximate surface area is 114 Å². The van der Waals surface area contributed by atoms with Gasteiger partial charge in [0.2, 0.25) is 0 Å². The van der Waals surface area contributed by atoms with Crippen LogP contribution in [-0.2, 0) is 11.3 Å². The third kappa shape index (κ3) is 4.00. The normalized spacial score (nSPS) is 17.5. The molecule has 0 spiro atoms. The minimum absolute atomic E-state index is 0.177. The van der Waals surface area contributed by atoms with E-state index in [1.807, 2.05) is 5.38 Å². The molecule has 0 amide bonds. The molecule has 0 unspecified atom stereocenters. The van der Waals surface area contributed by atoms with Crippen molar-refractivity contribution in [1.29, 1.82) is 0 Å². The molecule has 0 radical (unpaired) electrons. The lowest BCUT2D eigenvalue weighted by Crippen LogP contribution is -2.33. The SMILES string of the molecule is O=C(O)CC1CCN(Cc2csc([N+](=O)[O-])c2)CC1. The molecule has 1 aliphatic rings. The van der Waals surface area contributed by atoms with E-state index in [0.29, 0.717) is 6.54 Å². The van der Waals surface area contributed by atoms with Gasteiger partial charge in [0.05, 0.1) is 4.92 Å². The van der Waals surface area contributed by atoms with Crippen LogP contribution in [0.3, 0.4) is 0 Å². The van der Waals surface area contributed by atoms with Crippen molar-refractivity contribution >= 4 is 22.3 Å². The maximum atomic E-state index is 10.6. The Morgan fingerprint density at radius 1 is 1.53 bits per heavy atom. The van der Waals surface area contributed by atoms with Crippen molar-refractivity contribution in [3.63, 3.8) is 0 Å². The summed E-state index contributed by atoms with van der Waals surface area (Å²) in [4.78, 5) is 23.1. The molecular weight excluding hydrogens is 268 g/mol. The summed E-state index contributed by atoms with van der Waals surface area (Å²) in [7, 11) is 0. The fraction of sp³-hybridized carbons (Fsp3) is 0.583. The van der Waals surface area contributed by atoms with Crippen LogP contribution in [0.2, 0.25) is 0 Å². The van der Waals surface area contributed by atoms with Crippen molar-refractivity contribution < 1.29 is 14.8 Å². The molecule has 1 aliphatic heterocycles. The molecule has 19 heavy (non-hydrogen) atoms. The molecule has 0 bridgehead atoms. The van der Waals surface area contributed by atoms with E-state index < -0.39 is 5.97 Å². The van der Waals surface area contributed by atoms with Crippen molar-refractivity contribution in [2.45, 2.75) is 25.8 Å². The van der Waals surface area contributed by atoms with Gasteiger partial charge >= 0.3 is 11.0 Å². The zero-order valence-electron chi connectivity index (χ0n) is 10.4. The third-order valence-electron chi connectivity index (χ3n) is 3.40. The predicted molar refractivity (Wildman–Crippen MR) is 71.2 cm³/mol. The van der Waals surface area contributed by atoms with Crippen molar-refractivity contribution in [3.8, 4) is 0 Å². The van der Waals surface area contributed by atoms with Crippen LogP contribution in [0.5, 0.6) is 0 Å². The summed E-state index contributed by atoms with van der Waals surface area (Å²) in [6, 6.07) is 1.62. The highest BCUT2D eigenvalue weighted by atomic mass is 32.1. The molecule has 0 aliphatic carbocycles. The second-order valence-electron chi connectivity index (χ2n) is 4.87. The van der Waals surface area contributed by atoms with E-state index in [9.17, 15) is 14.9 Å². The molecule has 0 atom stereocenters. The number of carbonyl (C=O) groups is 1. The molecule has 6 nitrogen and oxygen atoms in total. The highest BCUT2D eigenvalue weighted by molar-refractivity contribution is 7.13. The Morgan fingerprint density at radius 3 is 2.74 bits per heavy atom. The highest BCUT2D eigenvalue weighted by Crippen LogP contribution is 2.26. The van der Waals surface area contributed by atoms with Crippen LogP contribution >= 0.6 is 11.3 Å². The summed E-state index contributed by atoms with van der Waals surface area (Å²) >= 11 is 1.15. The highest BCUT2D eigenvalue weighted by Gasteiger charge is 2.22. The predicted octanol–water partition coefficient (Wildman–Crippen LogP) is 2.34. The largest absolute Gasteiger partial charge is 0.481 e. The van der Waals surface area contributed by atoms with E-state index in [4.69, 9.17) is 5.11 Å². The number of piperidine rings is 1. The van der Waals surface area contributed by atoms with Gasteiger partial charge in [-0.15, -0.1) is 0 Å². The Bertz CT molecular complexity index is 466. The van der Waals surface area contributed by atoms with Gasteiger partial charge in [-0.05, 0) is 37.4 Å². The molecule has 2 rings (SSSR count). The van der Waals surface area contributed by atoms with Crippen LogP contribution in [0.15, 0.2) is 11.4 Å². The first-order chi connectivity index (χ1) is 9.04. The number of likely N-dealkylation sites (tertiary alicyclic amines) is 1. The van der Waals surface area contributed by atoms with Gasteiger partial charge in [0.25, 0.3) is 0 Å². The summed E-state index contributed by atoms with van der Waals surface area (Å²) in [6.07, 6.45) is 2.02. The lowest BCUT2D eigenvalue weighted by atomic mass is 9.93. The minimum atomic E-state index is -0.730. The fourth-order valence-electron chi connectivity index (χ4n) is 2.40. The summed E-state index contributed by atoms with van der Waals surface area (Å²) in [5.74, 6) is -0.461. The number of rotatable bonds is 5. The molecule has 0 saturated carbocycles. The topological polar surface area (TPSA) is 83.7 Å². The van der Waals surface area contributed by atoms with E-state index in [1.54, 1.807) is 6.07 Å². The molecule has 0 aromatic carbocycles. The van der Waals surface area contributed by atoms with Crippen LogP contribution in [0.1, 0.15) is 24.8 Å². The summed E-state index contributed by atoms with van der Waals surface area (Å²) in [5.41, 5.74) is 0.966. The average molecular weight is 284 g/mol. The maximum Gasteiger partial charge on any atom is 0.324 e. The minimum Gasteiger partial charge on any atom is -0.481 e. The second-order valence-corrected chi connectivity index (χ2v) is 5.76. The van der Waals surface area contributed by atoms with Gasteiger partial charge in [-0.3, -0.25) is 19.8 Å². The molecule has 1 aromatic heterocycles. The van der Waals surface area contributed by atoms with E-state index in [1.165, 1.54) is 0 Å². The second kappa shape index (κ2) is 6.12. The first-order valence-corrected chi connectivity index (χ1v) is 7.08. The smallest absolute Gasteiger partial charge is 0.324 e. The molecule has 1 N–H and O–H groups in total. The number of carboxylic acid groups (broad SMARTS) is 1. The van der Waals surface area contributed by atoms with Crippen LogP contribution in [-0.4, -0.2) is 34.0 Å². The molecule has 1 fully saturated rings. The van der Waals surface area contributed by atoms with E-state index >= 15 is 0 Å². The number of aliphatic carboxylic acids is 1. The number of thiophene rings is 1. The lowest BCUT2D eigenvalue weighted by Gasteiger charge is -2.30. The quantitative estimate of drug-likeness (QED) is 0.662. The molecule has 7 heteroatoms. The molecule has 1 saturated heterocycles. The molecule has 1 aromatic rings. The summed E-state index contributed by atoms with van der Waals surface area (Å²) in [5, 5.41) is 21.3. The zero-order chi connectivity index (χ0) is 13.8. The van der Waals surface area contributed by atoms with E-state index in [0.717, 1.165) is 42.8 Å². The van der Waals surface area contributed by atoms with E-state index in [2.05, 4.69) is 4.90 Å². The Morgan fingerprint density at radius 2 is 2.21 bits per heavy atom. The van der Waals surface area contributed by atoms with Gasteiger partial charge in [0.15, 0.2) is 0 Å². The third-order valence-corrected chi connectivity index (χ3v) is 4.33. The molecule has 104 valence electrons. The monoisotopic (exact) mass is 284 g/mol. The van der Waals surface area contributed by atoms with Gasteiger partial charge in [-0.25, -0.2) is 0 Å². The zero-order valence-corrected chi connectivity index (χ0v) is 11.3. The number of hydrogen-bond donors (Lipinski definition) is 1. The van der Waals surface area contributed by atoms with Crippen LogP contribution < -0.4 is 0 Å². The van der Waals surface area contributed by atoms with Crippen LogP contribution in [0.25, 0.3) is 0 Å².